The van der Waals surface area contributed by atoms with Gasteiger partial charge in [0.2, 0.25) is 0 Å². The van der Waals surface area contributed by atoms with Crippen molar-refractivity contribution >= 4 is 27.6 Å². The SMILES string of the molecule is O=C(O)C1(c2cc(Br)ccc2N2CCOCC2)CCCC1. The first-order chi connectivity index (χ1) is 10.1. The molecular formula is C16H20BrNO3. The third-order valence-corrected chi connectivity index (χ3v) is 5.19. The number of halogens is 1. The summed E-state index contributed by atoms with van der Waals surface area (Å²) in [5, 5.41) is 9.87. The number of nitrogens with zero attached hydrogens (tertiary/aromatic N) is 1. The number of carboxylic acids is 1. The van der Waals surface area contributed by atoms with Gasteiger partial charge in [0.05, 0.1) is 18.6 Å². The van der Waals surface area contributed by atoms with Gasteiger partial charge in [0.25, 0.3) is 0 Å². The van der Waals surface area contributed by atoms with Crippen LogP contribution in [-0.2, 0) is 14.9 Å². The lowest BCUT2D eigenvalue weighted by Gasteiger charge is -2.35. The molecule has 1 aliphatic heterocycles. The molecule has 1 aliphatic carbocycles. The van der Waals surface area contributed by atoms with Crippen LogP contribution in [0.15, 0.2) is 22.7 Å². The summed E-state index contributed by atoms with van der Waals surface area (Å²) >= 11 is 3.50. The van der Waals surface area contributed by atoms with E-state index in [0.717, 1.165) is 54.5 Å². The fourth-order valence-electron chi connectivity index (χ4n) is 3.55. The highest BCUT2D eigenvalue weighted by atomic mass is 79.9. The molecular weight excluding hydrogens is 334 g/mol. The molecule has 1 aromatic rings. The van der Waals surface area contributed by atoms with Crippen LogP contribution in [0.2, 0.25) is 0 Å². The van der Waals surface area contributed by atoms with Crippen LogP contribution in [0, 0.1) is 0 Å². The van der Waals surface area contributed by atoms with Gasteiger partial charge in [-0.15, -0.1) is 0 Å². The first kappa shape index (κ1) is 14.9. The first-order valence-corrected chi connectivity index (χ1v) is 8.29. The van der Waals surface area contributed by atoms with Gasteiger partial charge in [-0.05, 0) is 36.6 Å². The molecule has 2 fully saturated rings. The van der Waals surface area contributed by atoms with E-state index in [-0.39, 0.29) is 0 Å². The second-order valence-corrected chi connectivity index (χ2v) is 6.77. The zero-order valence-electron chi connectivity index (χ0n) is 12.0. The van der Waals surface area contributed by atoms with Gasteiger partial charge in [0.1, 0.15) is 0 Å². The van der Waals surface area contributed by atoms with Gasteiger partial charge in [-0.1, -0.05) is 28.8 Å². The molecule has 3 rings (SSSR count). The highest BCUT2D eigenvalue weighted by molar-refractivity contribution is 9.10. The number of morpholine rings is 1. The van der Waals surface area contributed by atoms with E-state index in [2.05, 4.69) is 20.8 Å². The largest absolute Gasteiger partial charge is 0.481 e. The molecule has 4 nitrogen and oxygen atoms in total. The fraction of sp³-hybridized carbons (Fsp3) is 0.562. The molecule has 0 atom stereocenters. The number of carboxylic acid groups (broad SMARTS) is 1. The second-order valence-electron chi connectivity index (χ2n) is 5.86. The Morgan fingerprint density at radius 2 is 1.90 bits per heavy atom. The Hall–Kier alpha value is -1.07. The van der Waals surface area contributed by atoms with Crippen molar-refractivity contribution in [3.63, 3.8) is 0 Å². The zero-order chi connectivity index (χ0) is 14.9. The van der Waals surface area contributed by atoms with Crippen LogP contribution in [0.4, 0.5) is 5.69 Å². The van der Waals surface area contributed by atoms with Crippen LogP contribution in [0.5, 0.6) is 0 Å². The van der Waals surface area contributed by atoms with Crippen LogP contribution in [-0.4, -0.2) is 37.4 Å². The van der Waals surface area contributed by atoms with Crippen molar-refractivity contribution in [3.8, 4) is 0 Å². The van der Waals surface area contributed by atoms with Crippen molar-refractivity contribution in [2.24, 2.45) is 0 Å². The monoisotopic (exact) mass is 353 g/mol. The number of benzene rings is 1. The molecule has 0 bridgehead atoms. The molecule has 21 heavy (non-hydrogen) atoms. The Labute approximate surface area is 133 Å². The van der Waals surface area contributed by atoms with Gasteiger partial charge in [0.15, 0.2) is 0 Å². The summed E-state index contributed by atoms with van der Waals surface area (Å²) in [5.74, 6) is -0.687. The first-order valence-electron chi connectivity index (χ1n) is 7.50. The van der Waals surface area contributed by atoms with E-state index in [4.69, 9.17) is 4.74 Å². The molecule has 2 aliphatic rings. The highest BCUT2D eigenvalue weighted by Gasteiger charge is 2.45. The van der Waals surface area contributed by atoms with Crippen LogP contribution >= 0.6 is 15.9 Å². The maximum absolute atomic E-state index is 12.0. The molecule has 0 aromatic heterocycles. The van der Waals surface area contributed by atoms with Crippen LogP contribution in [0.1, 0.15) is 31.2 Å². The van der Waals surface area contributed by atoms with Gasteiger partial charge in [-0.25, -0.2) is 0 Å². The average molecular weight is 354 g/mol. The van der Waals surface area contributed by atoms with Crippen molar-refractivity contribution in [2.45, 2.75) is 31.1 Å². The average Bonchev–Trinajstić information content (AvgIpc) is 2.99. The van der Waals surface area contributed by atoms with E-state index in [1.54, 1.807) is 0 Å². The van der Waals surface area contributed by atoms with Gasteiger partial charge >= 0.3 is 5.97 Å². The van der Waals surface area contributed by atoms with Crippen LogP contribution < -0.4 is 4.90 Å². The van der Waals surface area contributed by atoms with Gasteiger partial charge in [-0.3, -0.25) is 4.79 Å². The molecule has 5 heteroatoms. The Bertz CT molecular complexity index is 534. The predicted molar refractivity (Wildman–Crippen MR) is 85.0 cm³/mol. The summed E-state index contributed by atoms with van der Waals surface area (Å²) in [6.07, 6.45) is 3.44. The quantitative estimate of drug-likeness (QED) is 0.906. The van der Waals surface area contributed by atoms with E-state index < -0.39 is 11.4 Å². The molecule has 0 unspecified atom stereocenters. The molecule has 1 saturated heterocycles. The summed E-state index contributed by atoms with van der Waals surface area (Å²) < 4.78 is 6.36. The molecule has 114 valence electrons. The molecule has 1 aromatic carbocycles. The van der Waals surface area contributed by atoms with Crippen molar-refractivity contribution < 1.29 is 14.6 Å². The molecule has 1 saturated carbocycles. The van der Waals surface area contributed by atoms with Crippen LogP contribution in [0.25, 0.3) is 0 Å². The third kappa shape index (κ3) is 2.69. The normalized spacial score (nSPS) is 21.5. The lowest BCUT2D eigenvalue weighted by atomic mass is 9.78. The highest BCUT2D eigenvalue weighted by Crippen LogP contribution is 2.46. The van der Waals surface area contributed by atoms with Gasteiger partial charge < -0.3 is 14.7 Å². The number of aliphatic carboxylic acids is 1. The Balaban J connectivity index is 2.07. The summed E-state index contributed by atoms with van der Waals surface area (Å²) in [7, 11) is 0. The lowest BCUT2D eigenvalue weighted by molar-refractivity contribution is -0.143. The van der Waals surface area contributed by atoms with Crippen molar-refractivity contribution in [3.05, 3.63) is 28.2 Å². The maximum Gasteiger partial charge on any atom is 0.314 e. The van der Waals surface area contributed by atoms with E-state index in [1.807, 2.05) is 18.2 Å². The minimum Gasteiger partial charge on any atom is -0.481 e. The Morgan fingerprint density at radius 3 is 2.52 bits per heavy atom. The smallest absolute Gasteiger partial charge is 0.314 e. The predicted octanol–water partition coefficient (Wildman–Crippen LogP) is 3.18. The lowest BCUT2D eigenvalue weighted by Crippen LogP contribution is -2.40. The number of hydrogen-bond donors (Lipinski definition) is 1. The summed E-state index contributed by atoms with van der Waals surface area (Å²) in [6, 6.07) is 6.05. The van der Waals surface area contributed by atoms with E-state index in [0.29, 0.717) is 13.2 Å². The maximum atomic E-state index is 12.0. The summed E-state index contributed by atoms with van der Waals surface area (Å²) in [5.41, 5.74) is 1.30. The standard InChI is InChI=1S/C16H20BrNO3/c17-12-3-4-14(18-7-9-21-10-8-18)13(11-12)16(15(19)20)5-1-2-6-16/h3-4,11H,1-2,5-10H2,(H,19,20). The number of ether oxygens (including phenoxy) is 1. The molecule has 0 amide bonds. The second kappa shape index (κ2) is 5.97. The number of carbonyl (C=O) groups is 1. The number of rotatable bonds is 3. The number of anilines is 1. The Kier molecular flexibility index (Phi) is 4.22. The van der Waals surface area contributed by atoms with E-state index >= 15 is 0 Å². The summed E-state index contributed by atoms with van der Waals surface area (Å²) in [4.78, 5) is 14.3. The van der Waals surface area contributed by atoms with Crippen molar-refractivity contribution in [1.29, 1.82) is 0 Å². The minimum atomic E-state index is -0.725. The summed E-state index contributed by atoms with van der Waals surface area (Å²) in [6.45, 7) is 3.06. The van der Waals surface area contributed by atoms with E-state index in [1.165, 1.54) is 0 Å². The molecule has 0 radical (unpaired) electrons. The van der Waals surface area contributed by atoms with E-state index in [9.17, 15) is 9.90 Å². The van der Waals surface area contributed by atoms with Crippen LogP contribution in [0.3, 0.4) is 0 Å². The number of hydrogen-bond acceptors (Lipinski definition) is 3. The third-order valence-electron chi connectivity index (χ3n) is 4.69. The van der Waals surface area contributed by atoms with Crippen molar-refractivity contribution in [1.82, 2.24) is 0 Å². The molecule has 0 spiro atoms. The molecule has 1 N–H and O–H groups in total. The Morgan fingerprint density at radius 1 is 1.24 bits per heavy atom. The van der Waals surface area contributed by atoms with Gasteiger partial charge in [-0.2, -0.15) is 0 Å². The topological polar surface area (TPSA) is 49.8 Å². The fourth-order valence-corrected chi connectivity index (χ4v) is 3.91. The molecule has 1 heterocycles. The van der Waals surface area contributed by atoms with Gasteiger partial charge in [0, 0.05) is 23.2 Å². The van der Waals surface area contributed by atoms with Crippen molar-refractivity contribution in [2.75, 3.05) is 31.2 Å². The minimum absolute atomic E-state index is 0.687. The zero-order valence-corrected chi connectivity index (χ0v) is 13.6.